The Morgan fingerprint density at radius 1 is 1.36 bits per heavy atom. The molecule has 2 aromatic heterocycles. The molecule has 0 aliphatic carbocycles. The number of hydrogen-bond donors (Lipinski definition) is 1. The highest BCUT2D eigenvalue weighted by Gasteiger charge is 2.13. The molecule has 3 aromatic rings. The topological polar surface area (TPSA) is 55.6 Å². The van der Waals surface area contributed by atoms with E-state index in [4.69, 9.17) is 16.3 Å². The molecule has 0 aliphatic rings. The summed E-state index contributed by atoms with van der Waals surface area (Å²) in [7, 11) is 1.52. The Morgan fingerprint density at radius 2 is 2.23 bits per heavy atom. The zero-order valence-electron chi connectivity index (χ0n) is 11.9. The summed E-state index contributed by atoms with van der Waals surface area (Å²) in [6.07, 6.45) is 3.60. The molecule has 0 bridgehead atoms. The van der Waals surface area contributed by atoms with Crippen LogP contribution in [0.2, 0.25) is 5.02 Å². The van der Waals surface area contributed by atoms with E-state index in [0.29, 0.717) is 22.9 Å². The number of aromatic nitrogens is 2. The largest absolute Gasteiger partial charge is 0.496 e. The lowest BCUT2D eigenvalue weighted by molar-refractivity contribution is 0.0948. The second-order valence-electron chi connectivity index (χ2n) is 4.73. The van der Waals surface area contributed by atoms with Crippen molar-refractivity contribution < 1.29 is 9.53 Å². The van der Waals surface area contributed by atoms with Gasteiger partial charge in [-0.15, -0.1) is 0 Å². The maximum atomic E-state index is 12.3. The molecular weight excluding hydrogens is 302 g/mol. The van der Waals surface area contributed by atoms with E-state index in [2.05, 4.69) is 10.4 Å². The number of nitrogens with one attached hydrogen (secondary N) is 1. The summed E-state index contributed by atoms with van der Waals surface area (Å²) in [5, 5.41) is 7.59. The van der Waals surface area contributed by atoms with Crippen molar-refractivity contribution in [2.45, 2.75) is 6.54 Å². The van der Waals surface area contributed by atoms with E-state index in [1.165, 1.54) is 7.11 Å². The van der Waals surface area contributed by atoms with E-state index in [-0.39, 0.29) is 5.91 Å². The van der Waals surface area contributed by atoms with Crippen LogP contribution < -0.4 is 10.1 Å². The fraction of sp³-hybridized carbons (Fsp3) is 0.125. The third kappa shape index (κ3) is 2.76. The molecule has 0 aliphatic heterocycles. The van der Waals surface area contributed by atoms with Crippen LogP contribution >= 0.6 is 11.6 Å². The highest BCUT2D eigenvalue weighted by molar-refractivity contribution is 6.31. The fourth-order valence-corrected chi connectivity index (χ4v) is 2.42. The van der Waals surface area contributed by atoms with Crippen molar-refractivity contribution in [2.24, 2.45) is 0 Å². The first-order chi connectivity index (χ1) is 10.7. The van der Waals surface area contributed by atoms with Gasteiger partial charge in [0.2, 0.25) is 0 Å². The van der Waals surface area contributed by atoms with Crippen LogP contribution in [0, 0.1) is 0 Å². The van der Waals surface area contributed by atoms with Crippen LogP contribution in [0.25, 0.3) is 5.52 Å². The maximum absolute atomic E-state index is 12.3. The third-order valence-corrected chi connectivity index (χ3v) is 3.59. The number of benzene rings is 1. The zero-order chi connectivity index (χ0) is 15.5. The number of pyridine rings is 1. The predicted octanol–water partition coefficient (Wildman–Crippen LogP) is 2.93. The predicted molar refractivity (Wildman–Crippen MR) is 84.4 cm³/mol. The number of halogens is 1. The molecule has 0 saturated heterocycles. The average Bonchev–Trinajstić information content (AvgIpc) is 2.96. The second kappa shape index (κ2) is 6.07. The molecule has 3 rings (SSSR count). The van der Waals surface area contributed by atoms with Gasteiger partial charge in [0, 0.05) is 23.3 Å². The van der Waals surface area contributed by atoms with Gasteiger partial charge < -0.3 is 10.1 Å². The van der Waals surface area contributed by atoms with Crippen LogP contribution in [0.15, 0.2) is 48.8 Å². The quantitative estimate of drug-likeness (QED) is 0.805. The minimum atomic E-state index is -0.241. The number of methoxy groups -OCH3 is 1. The minimum absolute atomic E-state index is 0.241. The van der Waals surface area contributed by atoms with Crippen molar-refractivity contribution in [3.05, 3.63) is 64.9 Å². The molecule has 0 atom stereocenters. The molecule has 0 spiro atoms. The highest BCUT2D eigenvalue weighted by atomic mass is 35.5. The van der Waals surface area contributed by atoms with Gasteiger partial charge in [-0.25, -0.2) is 4.52 Å². The first-order valence-electron chi connectivity index (χ1n) is 6.72. The lowest BCUT2D eigenvalue weighted by Gasteiger charge is -2.09. The van der Waals surface area contributed by atoms with E-state index in [0.717, 1.165) is 11.1 Å². The molecule has 0 radical (unpaired) electrons. The van der Waals surface area contributed by atoms with Gasteiger partial charge in [-0.3, -0.25) is 4.79 Å². The van der Waals surface area contributed by atoms with E-state index < -0.39 is 0 Å². The molecule has 0 saturated carbocycles. The van der Waals surface area contributed by atoms with Crippen molar-refractivity contribution in [3.8, 4) is 5.75 Å². The van der Waals surface area contributed by atoms with Crippen molar-refractivity contribution in [2.75, 3.05) is 7.11 Å². The van der Waals surface area contributed by atoms with Crippen LogP contribution in [0.3, 0.4) is 0 Å². The maximum Gasteiger partial charge on any atom is 0.255 e. The lowest BCUT2D eigenvalue weighted by atomic mass is 10.2. The monoisotopic (exact) mass is 315 g/mol. The van der Waals surface area contributed by atoms with E-state index >= 15 is 0 Å². The average molecular weight is 316 g/mol. The summed E-state index contributed by atoms with van der Waals surface area (Å²) in [6.45, 7) is 0.377. The molecule has 0 unspecified atom stereocenters. The smallest absolute Gasteiger partial charge is 0.255 e. The van der Waals surface area contributed by atoms with Gasteiger partial charge in [-0.2, -0.15) is 5.10 Å². The van der Waals surface area contributed by atoms with Crippen LogP contribution in [0.4, 0.5) is 0 Å². The zero-order valence-corrected chi connectivity index (χ0v) is 12.7. The molecule has 0 fully saturated rings. The standard InChI is InChI=1S/C16H14ClN3O2/c1-22-15-6-5-12(17)8-13(15)16(21)18-9-11-10-19-20-7-3-2-4-14(11)20/h2-8,10H,9H2,1H3,(H,18,21). The van der Waals surface area contributed by atoms with Crippen molar-refractivity contribution in [1.82, 2.24) is 14.9 Å². The third-order valence-electron chi connectivity index (χ3n) is 3.35. The van der Waals surface area contributed by atoms with Gasteiger partial charge >= 0.3 is 0 Å². The Morgan fingerprint density at radius 3 is 3.05 bits per heavy atom. The number of nitrogens with zero attached hydrogens (tertiary/aromatic N) is 2. The van der Waals surface area contributed by atoms with Crippen LogP contribution in [-0.2, 0) is 6.54 Å². The number of rotatable bonds is 4. The van der Waals surface area contributed by atoms with Crippen molar-refractivity contribution >= 4 is 23.0 Å². The van der Waals surface area contributed by atoms with Crippen LogP contribution in [0.5, 0.6) is 5.75 Å². The first-order valence-corrected chi connectivity index (χ1v) is 7.10. The van der Waals surface area contributed by atoms with Crippen molar-refractivity contribution in [1.29, 1.82) is 0 Å². The lowest BCUT2D eigenvalue weighted by Crippen LogP contribution is -2.23. The summed E-state index contributed by atoms with van der Waals surface area (Å²) < 4.78 is 6.96. The summed E-state index contributed by atoms with van der Waals surface area (Å²) in [5.74, 6) is 0.247. The summed E-state index contributed by atoms with van der Waals surface area (Å²) in [5.41, 5.74) is 2.31. The normalized spacial score (nSPS) is 10.6. The van der Waals surface area contributed by atoms with Gasteiger partial charge in [0.25, 0.3) is 5.91 Å². The summed E-state index contributed by atoms with van der Waals surface area (Å²) in [6, 6.07) is 10.7. The molecule has 6 heteroatoms. The Labute approximate surface area is 132 Å². The SMILES string of the molecule is COc1ccc(Cl)cc1C(=O)NCc1cnn2ccccc12. The Balaban J connectivity index is 1.79. The van der Waals surface area contributed by atoms with E-state index in [1.54, 1.807) is 28.9 Å². The Hall–Kier alpha value is -2.53. The van der Waals surface area contributed by atoms with E-state index in [9.17, 15) is 4.79 Å². The molecule has 112 valence electrons. The molecular formula is C16H14ClN3O2. The van der Waals surface area contributed by atoms with Gasteiger partial charge in [0.05, 0.1) is 24.4 Å². The van der Waals surface area contributed by atoms with Gasteiger partial charge in [0.15, 0.2) is 0 Å². The summed E-state index contributed by atoms with van der Waals surface area (Å²) >= 11 is 5.95. The highest BCUT2D eigenvalue weighted by Crippen LogP contribution is 2.22. The number of carbonyl (C=O) groups excluding carboxylic acids is 1. The Bertz CT molecular complexity index is 829. The fourth-order valence-electron chi connectivity index (χ4n) is 2.25. The number of hydrogen-bond acceptors (Lipinski definition) is 3. The van der Waals surface area contributed by atoms with Crippen LogP contribution in [0.1, 0.15) is 15.9 Å². The molecule has 22 heavy (non-hydrogen) atoms. The molecule has 2 heterocycles. The number of amides is 1. The van der Waals surface area contributed by atoms with Gasteiger partial charge in [-0.05, 0) is 30.3 Å². The number of carbonyl (C=O) groups is 1. The van der Waals surface area contributed by atoms with Crippen molar-refractivity contribution in [3.63, 3.8) is 0 Å². The molecule has 1 N–H and O–H groups in total. The second-order valence-corrected chi connectivity index (χ2v) is 5.16. The molecule has 1 amide bonds. The van der Waals surface area contributed by atoms with E-state index in [1.807, 2.05) is 24.4 Å². The Kier molecular flexibility index (Phi) is 3.98. The molecule has 5 nitrogen and oxygen atoms in total. The molecule has 1 aromatic carbocycles. The first kappa shape index (κ1) is 14.4. The number of ether oxygens (including phenoxy) is 1. The van der Waals surface area contributed by atoms with Gasteiger partial charge in [0.1, 0.15) is 5.75 Å². The van der Waals surface area contributed by atoms with Crippen LogP contribution in [-0.4, -0.2) is 22.6 Å². The summed E-state index contributed by atoms with van der Waals surface area (Å²) in [4.78, 5) is 12.3. The minimum Gasteiger partial charge on any atom is -0.496 e. The van der Waals surface area contributed by atoms with Gasteiger partial charge in [-0.1, -0.05) is 17.7 Å². The number of fused-ring (bicyclic) bond motifs is 1.